The molecular formula is C12H16O3. The number of aliphatic carboxylic acids is 1. The highest BCUT2D eigenvalue weighted by atomic mass is 16.4. The summed E-state index contributed by atoms with van der Waals surface area (Å²) in [5, 5.41) is 17.9. The number of aliphatic hydroxyl groups excluding tert-OH is 1. The summed E-state index contributed by atoms with van der Waals surface area (Å²) >= 11 is 0. The number of hydrogen-bond donors (Lipinski definition) is 2. The molecule has 0 spiro atoms. The second kappa shape index (κ2) is 5.51. The van der Waals surface area contributed by atoms with Crippen LogP contribution in [0.4, 0.5) is 0 Å². The number of aliphatic hydroxyl groups is 1. The Hall–Kier alpha value is -1.35. The summed E-state index contributed by atoms with van der Waals surface area (Å²) in [6.45, 7) is 2.01. The SMILES string of the molecule is Cc1ccccc1CC[C@@H](O)CC(=O)O. The smallest absolute Gasteiger partial charge is 0.305 e. The molecule has 0 saturated carbocycles. The van der Waals surface area contributed by atoms with E-state index in [1.54, 1.807) is 0 Å². The second-order valence-electron chi connectivity index (χ2n) is 3.72. The minimum Gasteiger partial charge on any atom is -0.481 e. The van der Waals surface area contributed by atoms with Crippen molar-refractivity contribution in [2.75, 3.05) is 0 Å². The van der Waals surface area contributed by atoms with Crippen molar-refractivity contribution in [2.24, 2.45) is 0 Å². The molecule has 0 heterocycles. The van der Waals surface area contributed by atoms with Crippen LogP contribution in [0.2, 0.25) is 0 Å². The normalized spacial score (nSPS) is 12.4. The Kier molecular flexibility index (Phi) is 4.31. The quantitative estimate of drug-likeness (QED) is 0.775. The molecule has 0 unspecified atom stereocenters. The zero-order valence-electron chi connectivity index (χ0n) is 8.81. The van der Waals surface area contributed by atoms with E-state index in [1.807, 2.05) is 31.2 Å². The van der Waals surface area contributed by atoms with Gasteiger partial charge < -0.3 is 10.2 Å². The molecule has 0 aliphatic heterocycles. The summed E-state index contributed by atoms with van der Waals surface area (Å²) in [7, 11) is 0. The summed E-state index contributed by atoms with van der Waals surface area (Å²) in [5.41, 5.74) is 2.35. The van der Waals surface area contributed by atoms with Crippen LogP contribution >= 0.6 is 0 Å². The summed E-state index contributed by atoms with van der Waals surface area (Å²) in [6.07, 6.45) is 0.298. The average Bonchev–Trinajstić information content (AvgIpc) is 2.15. The number of carbonyl (C=O) groups is 1. The Morgan fingerprint density at radius 2 is 2.07 bits per heavy atom. The number of carboxylic acids is 1. The molecule has 0 amide bonds. The monoisotopic (exact) mass is 208 g/mol. The lowest BCUT2D eigenvalue weighted by Crippen LogP contribution is -2.13. The summed E-state index contributed by atoms with van der Waals surface area (Å²) in [4.78, 5) is 10.3. The fourth-order valence-electron chi connectivity index (χ4n) is 1.52. The first-order valence-corrected chi connectivity index (χ1v) is 5.04. The van der Waals surface area contributed by atoms with Gasteiger partial charge in [0.05, 0.1) is 12.5 Å². The standard InChI is InChI=1S/C12H16O3/c1-9-4-2-3-5-10(9)6-7-11(13)8-12(14)15/h2-5,11,13H,6-8H2,1H3,(H,14,15)/t11-/m1/s1. The maximum absolute atomic E-state index is 10.3. The van der Waals surface area contributed by atoms with Crippen molar-refractivity contribution in [1.29, 1.82) is 0 Å². The number of carboxylic acid groups (broad SMARTS) is 1. The molecule has 3 heteroatoms. The largest absolute Gasteiger partial charge is 0.481 e. The van der Waals surface area contributed by atoms with Crippen LogP contribution in [0.1, 0.15) is 24.0 Å². The third kappa shape index (κ3) is 4.13. The molecule has 0 aliphatic carbocycles. The third-order valence-electron chi connectivity index (χ3n) is 2.42. The fourth-order valence-corrected chi connectivity index (χ4v) is 1.52. The van der Waals surface area contributed by atoms with Crippen molar-refractivity contribution >= 4 is 5.97 Å². The van der Waals surface area contributed by atoms with Gasteiger partial charge in [-0.05, 0) is 30.9 Å². The Morgan fingerprint density at radius 3 is 2.67 bits per heavy atom. The van der Waals surface area contributed by atoms with Gasteiger partial charge >= 0.3 is 5.97 Å². The first-order chi connectivity index (χ1) is 7.09. The molecule has 0 fully saturated rings. The molecule has 1 aromatic rings. The van der Waals surface area contributed by atoms with E-state index in [2.05, 4.69) is 0 Å². The molecule has 82 valence electrons. The first kappa shape index (κ1) is 11.7. The second-order valence-corrected chi connectivity index (χ2v) is 3.72. The van der Waals surface area contributed by atoms with Gasteiger partial charge in [-0.25, -0.2) is 0 Å². The van der Waals surface area contributed by atoms with Gasteiger partial charge in [0.1, 0.15) is 0 Å². The van der Waals surface area contributed by atoms with Crippen LogP contribution < -0.4 is 0 Å². The molecule has 0 bridgehead atoms. The van der Waals surface area contributed by atoms with Crippen LogP contribution in [-0.2, 0) is 11.2 Å². The van der Waals surface area contributed by atoms with Crippen molar-refractivity contribution in [3.63, 3.8) is 0 Å². The fraction of sp³-hybridized carbons (Fsp3) is 0.417. The van der Waals surface area contributed by atoms with E-state index in [4.69, 9.17) is 5.11 Å². The van der Waals surface area contributed by atoms with E-state index in [-0.39, 0.29) is 6.42 Å². The zero-order valence-corrected chi connectivity index (χ0v) is 8.81. The highest BCUT2D eigenvalue weighted by Crippen LogP contribution is 2.11. The molecular weight excluding hydrogens is 192 g/mol. The highest BCUT2D eigenvalue weighted by molar-refractivity contribution is 5.67. The summed E-state index contributed by atoms with van der Waals surface area (Å²) in [6, 6.07) is 7.93. The lowest BCUT2D eigenvalue weighted by molar-refractivity contribution is -0.139. The Morgan fingerprint density at radius 1 is 1.40 bits per heavy atom. The first-order valence-electron chi connectivity index (χ1n) is 5.04. The van der Waals surface area contributed by atoms with Crippen LogP contribution in [0.5, 0.6) is 0 Å². The molecule has 1 atom stereocenters. The van der Waals surface area contributed by atoms with Gasteiger partial charge in [0.2, 0.25) is 0 Å². The zero-order chi connectivity index (χ0) is 11.3. The van der Waals surface area contributed by atoms with Crippen molar-refractivity contribution in [2.45, 2.75) is 32.3 Å². The van der Waals surface area contributed by atoms with Gasteiger partial charge in [-0.3, -0.25) is 4.79 Å². The lowest BCUT2D eigenvalue weighted by Gasteiger charge is -2.09. The van der Waals surface area contributed by atoms with Crippen molar-refractivity contribution in [3.05, 3.63) is 35.4 Å². The number of aryl methyl sites for hydroxylation is 2. The van der Waals surface area contributed by atoms with Crippen LogP contribution in [0.15, 0.2) is 24.3 Å². The number of benzene rings is 1. The molecule has 3 nitrogen and oxygen atoms in total. The van der Waals surface area contributed by atoms with Crippen molar-refractivity contribution in [1.82, 2.24) is 0 Å². The van der Waals surface area contributed by atoms with E-state index >= 15 is 0 Å². The topological polar surface area (TPSA) is 57.5 Å². The highest BCUT2D eigenvalue weighted by Gasteiger charge is 2.09. The molecule has 0 saturated heterocycles. The molecule has 15 heavy (non-hydrogen) atoms. The lowest BCUT2D eigenvalue weighted by atomic mass is 10.0. The minimum absolute atomic E-state index is 0.175. The van der Waals surface area contributed by atoms with Crippen LogP contribution in [0, 0.1) is 6.92 Å². The molecule has 2 N–H and O–H groups in total. The Labute approximate surface area is 89.4 Å². The van der Waals surface area contributed by atoms with Gasteiger partial charge in [-0.15, -0.1) is 0 Å². The average molecular weight is 208 g/mol. The third-order valence-corrected chi connectivity index (χ3v) is 2.42. The molecule has 0 radical (unpaired) electrons. The van der Waals surface area contributed by atoms with Gasteiger partial charge in [0.15, 0.2) is 0 Å². The van der Waals surface area contributed by atoms with Gasteiger partial charge in [-0.2, -0.15) is 0 Å². The van der Waals surface area contributed by atoms with Crippen LogP contribution in [-0.4, -0.2) is 22.3 Å². The van der Waals surface area contributed by atoms with E-state index in [9.17, 15) is 9.90 Å². The van der Waals surface area contributed by atoms with E-state index in [1.165, 1.54) is 11.1 Å². The Bertz CT molecular complexity index is 333. The molecule has 1 aromatic carbocycles. The van der Waals surface area contributed by atoms with Gasteiger partial charge in [0, 0.05) is 0 Å². The Balaban J connectivity index is 2.43. The van der Waals surface area contributed by atoms with E-state index < -0.39 is 12.1 Å². The molecule has 0 aromatic heterocycles. The number of rotatable bonds is 5. The number of hydrogen-bond acceptors (Lipinski definition) is 2. The molecule has 1 rings (SSSR count). The predicted octanol–water partition coefficient (Wildman–Crippen LogP) is 1.76. The van der Waals surface area contributed by atoms with Crippen molar-refractivity contribution in [3.8, 4) is 0 Å². The van der Waals surface area contributed by atoms with E-state index in [0.29, 0.717) is 6.42 Å². The maximum Gasteiger partial charge on any atom is 0.305 e. The molecule has 0 aliphatic rings. The maximum atomic E-state index is 10.3. The van der Waals surface area contributed by atoms with Gasteiger partial charge in [0.25, 0.3) is 0 Å². The minimum atomic E-state index is -0.952. The predicted molar refractivity (Wildman–Crippen MR) is 57.8 cm³/mol. The van der Waals surface area contributed by atoms with Gasteiger partial charge in [-0.1, -0.05) is 24.3 Å². The van der Waals surface area contributed by atoms with E-state index in [0.717, 1.165) is 6.42 Å². The summed E-state index contributed by atoms with van der Waals surface area (Å²) < 4.78 is 0. The van der Waals surface area contributed by atoms with Crippen molar-refractivity contribution < 1.29 is 15.0 Å². The summed E-state index contributed by atoms with van der Waals surface area (Å²) in [5.74, 6) is -0.952. The van der Waals surface area contributed by atoms with Crippen LogP contribution in [0.3, 0.4) is 0 Å². The van der Waals surface area contributed by atoms with Crippen LogP contribution in [0.25, 0.3) is 0 Å².